The molecule has 0 bridgehead atoms. The minimum absolute atomic E-state index is 0.143. The summed E-state index contributed by atoms with van der Waals surface area (Å²) >= 11 is 1.10. The number of ether oxygens (including phenoxy) is 2. The molecule has 0 saturated heterocycles. The van der Waals surface area contributed by atoms with Crippen LogP contribution in [0.15, 0.2) is 36.1 Å². The highest BCUT2D eigenvalue weighted by Gasteiger charge is 2.35. The Morgan fingerprint density at radius 2 is 1.88 bits per heavy atom. The monoisotopic (exact) mass is 361 g/mol. The third kappa shape index (κ3) is 5.19. The molecule has 1 aromatic carbocycles. The Hall–Kier alpha value is -2.16. The summed E-state index contributed by atoms with van der Waals surface area (Å²) in [5.74, 6) is -0.479. The van der Waals surface area contributed by atoms with Crippen LogP contribution in [-0.4, -0.2) is 28.7 Å². The van der Waals surface area contributed by atoms with Crippen molar-refractivity contribution in [1.29, 1.82) is 0 Å². The lowest BCUT2D eigenvalue weighted by molar-refractivity contribution is -0.274. The third-order valence-corrected chi connectivity index (χ3v) is 3.96. The molecule has 0 aliphatic carbocycles. The van der Waals surface area contributed by atoms with Crippen molar-refractivity contribution in [1.82, 2.24) is 0 Å². The molecule has 1 N–H and O–H groups in total. The van der Waals surface area contributed by atoms with Crippen LogP contribution in [0.2, 0.25) is 0 Å². The van der Waals surface area contributed by atoms with E-state index in [2.05, 4.69) is 10.1 Å². The molecule has 24 heavy (non-hydrogen) atoms. The van der Waals surface area contributed by atoms with Crippen molar-refractivity contribution in [2.45, 2.75) is 25.0 Å². The maximum Gasteiger partial charge on any atom is 0.573 e. The first kappa shape index (κ1) is 18.2. The van der Waals surface area contributed by atoms with Gasteiger partial charge in [0.15, 0.2) is 6.61 Å². The van der Waals surface area contributed by atoms with Gasteiger partial charge in [-0.05, 0) is 38.1 Å². The average Bonchev–Trinajstić information content (AvgIpc) is 2.69. The number of thioether (sulfide) groups is 1. The standard InChI is InChI=1S/C15H14F3NO4S/c1-14(2)11(7-13(21)24-14)22-8-12(20)19-9-3-5-10(6-4-9)23-15(16,17)18/h3-7H,8H2,1-2H3,(H,19,20). The number of benzene rings is 1. The van der Waals surface area contributed by atoms with E-state index in [9.17, 15) is 22.8 Å². The minimum Gasteiger partial charge on any atom is -0.486 e. The molecule has 0 fully saturated rings. The first-order valence-corrected chi connectivity index (χ1v) is 7.60. The number of hydrogen-bond acceptors (Lipinski definition) is 5. The lowest BCUT2D eigenvalue weighted by Crippen LogP contribution is -2.23. The lowest BCUT2D eigenvalue weighted by atomic mass is 10.1. The number of alkyl halides is 3. The number of halogens is 3. The van der Waals surface area contributed by atoms with E-state index in [1.165, 1.54) is 18.2 Å². The number of carbonyl (C=O) groups excluding carboxylic acids is 2. The predicted molar refractivity (Wildman–Crippen MR) is 82.5 cm³/mol. The summed E-state index contributed by atoms with van der Waals surface area (Å²) < 4.78 is 44.7. The largest absolute Gasteiger partial charge is 0.573 e. The van der Waals surface area contributed by atoms with Crippen LogP contribution in [0.1, 0.15) is 13.8 Å². The van der Waals surface area contributed by atoms with Crippen molar-refractivity contribution < 1.29 is 32.2 Å². The van der Waals surface area contributed by atoms with Gasteiger partial charge in [0.1, 0.15) is 11.5 Å². The second-order valence-electron chi connectivity index (χ2n) is 5.35. The van der Waals surface area contributed by atoms with E-state index in [0.717, 1.165) is 23.9 Å². The summed E-state index contributed by atoms with van der Waals surface area (Å²) in [6, 6.07) is 4.72. The molecular formula is C15H14F3NO4S. The summed E-state index contributed by atoms with van der Waals surface area (Å²) in [5, 5.41) is 2.33. The van der Waals surface area contributed by atoms with Crippen LogP contribution in [0.4, 0.5) is 18.9 Å². The number of carbonyl (C=O) groups is 2. The Morgan fingerprint density at radius 1 is 1.25 bits per heavy atom. The van der Waals surface area contributed by atoms with Gasteiger partial charge in [-0.3, -0.25) is 9.59 Å². The second kappa shape index (κ2) is 6.76. The first-order valence-electron chi connectivity index (χ1n) is 6.79. The summed E-state index contributed by atoms with van der Waals surface area (Å²) in [6.07, 6.45) is -3.43. The van der Waals surface area contributed by atoms with Crippen LogP contribution in [0.5, 0.6) is 5.75 Å². The van der Waals surface area contributed by atoms with Gasteiger partial charge in [0.25, 0.3) is 5.91 Å². The number of anilines is 1. The van der Waals surface area contributed by atoms with Crippen molar-refractivity contribution in [3.8, 4) is 5.75 Å². The Kier molecular flexibility index (Phi) is 5.12. The average molecular weight is 361 g/mol. The van der Waals surface area contributed by atoms with Crippen LogP contribution in [-0.2, 0) is 14.3 Å². The van der Waals surface area contributed by atoms with E-state index in [0.29, 0.717) is 11.4 Å². The third-order valence-electron chi connectivity index (χ3n) is 2.93. The van der Waals surface area contributed by atoms with E-state index in [1.807, 2.05) is 0 Å². The van der Waals surface area contributed by atoms with Gasteiger partial charge in [0, 0.05) is 11.8 Å². The number of nitrogens with one attached hydrogen (secondary N) is 1. The van der Waals surface area contributed by atoms with E-state index in [4.69, 9.17) is 4.74 Å². The Bertz CT molecular complexity index is 668. The number of rotatable bonds is 5. The summed E-state index contributed by atoms with van der Waals surface area (Å²) in [7, 11) is 0. The van der Waals surface area contributed by atoms with Crippen LogP contribution < -0.4 is 10.1 Å². The fraction of sp³-hybridized carbons (Fsp3) is 0.333. The predicted octanol–water partition coefficient (Wildman–Crippen LogP) is 3.48. The molecule has 1 aromatic rings. The van der Waals surface area contributed by atoms with Gasteiger partial charge in [0.2, 0.25) is 5.12 Å². The van der Waals surface area contributed by atoms with Crippen molar-refractivity contribution in [2.24, 2.45) is 0 Å². The smallest absolute Gasteiger partial charge is 0.486 e. The van der Waals surface area contributed by atoms with Crippen LogP contribution in [0, 0.1) is 0 Å². The molecular weight excluding hydrogens is 347 g/mol. The molecule has 1 aliphatic rings. The van der Waals surface area contributed by atoms with Crippen molar-refractivity contribution in [3.05, 3.63) is 36.1 Å². The van der Waals surface area contributed by atoms with Gasteiger partial charge < -0.3 is 14.8 Å². The highest BCUT2D eigenvalue weighted by molar-refractivity contribution is 8.15. The van der Waals surface area contributed by atoms with E-state index in [-0.39, 0.29) is 17.5 Å². The van der Waals surface area contributed by atoms with Gasteiger partial charge in [-0.25, -0.2) is 0 Å². The Balaban J connectivity index is 1.87. The molecule has 130 valence electrons. The zero-order valence-corrected chi connectivity index (χ0v) is 13.6. The van der Waals surface area contributed by atoms with Crippen LogP contribution >= 0.6 is 11.8 Å². The summed E-state index contributed by atoms with van der Waals surface area (Å²) in [5.41, 5.74) is 0.295. The molecule has 1 heterocycles. The van der Waals surface area contributed by atoms with Gasteiger partial charge in [-0.15, -0.1) is 13.2 Å². The zero-order valence-electron chi connectivity index (χ0n) is 12.8. The molecule has 0 saturated carbocycles. The molecule has 0 atom stereocenters. The Morgan fingerprint density at radius 3 is 2.38 bits per heavy atom. The van der Waals surface area contributed by atoms with E-state index in [1.54, 1.807) is 13.8 Å². The molecule has 9 heteroatoms. The normalized spacial score (nSPS) is 16.5. The van der Waals surface area contributed by atoms with Crippen molar-refractivity contribution in [2.75, 3.05) is 11.9 Å². The van der Waals surface area contributed by atoms with Crippen molar-refractivity contribution >= 4 is 28.5 Å². The van der Waals surface area contributed by atoms with E-state index >= 15 is 0 Å². The SMILES string of the molecule is CC1(C)SC(=O)C=C1OCC(=O)Nc1ccc(OC(F)(F)F)cc1. The highest BCUT2D eigenvalue weighted by Crippen LogP contribution is 2.39. The Labute approximate surface area is 140 Å². The minimum atomic E-state index is -4.77. The molecule has 0 spiro atoms. The molecule has 0 aromatic heterocycles. The van der Waals surface area contributed by atoms with Crippen molar-refractivity contribution in [3.63, 3.8) is 0 Å². The number of amides is 1. The van der Waals surface area contributed by atoms with Crippen LogP contribution in [0.3, 0.4) is 0 Å². The molecule has 0 unspecified atom stereocenters. The fourth-order valence-corrected chi connectivity index (χ4v) is 2.80. The fourth-order valence-electron chi connectivity index (χ4n) is 1.91. The van der Waals surface area contributed by atoms with Gasteiger partial charge in [-0.2, -0.15) is 0 Å². The molecule has 5 nitrogen and oxygen atoms in total. The quantitative estimate of drug-likeness (QED) is 0.870. The first-order chi connectivity index (χ1) is 11.0. The summed E-state index contributed by atoms with van der Waals surface area (Å²) in [6.45, 7) is 3.28. The second-order valence-corrected chi connectivity index (χ2v) is 6.98. The molecule has 1 amide bonds. The highest BCUT2D eigenvalue weighted by atomic mass is 32.2. The lowest BCUT2D eigenvalue weighted by Gasteiger charge is -2.20. The van der Waals surface area contributed by atoms with Crippen LogP contribution in [0.25, 0.3) is 0 Å². The van der Waals surface area contributed by atoms with Gasteiger partial charge >= 0.3 is 6.36 Å². The van der Waals surface area contributed by atoms with E-state index < -0.39 is 17.0 Å². The maximum atomic E-state index is 12.1. The maximum absolute atomic E-state index is 12.1. The molecule has 1 aliphatic heterocycles. The number of hydrogen-bond donors (Lipinski definition) is 1. The van der Waals surface area contributed by atoms with Gasteiger partial charge in [0.05, 0.1) is 4.75 Å². The zero-order chi connectivity index (χ0) is 18.0. The molecule has 2 rings (SSSR count). The van der Waals surface area contributed by atoms with Gasteiger partial charge in [-0.1, -0.05) is 11.8 Å². The molecule has 0 radical (unpaired) electrons. The topological polar surface area (TPSA) is 64.6 Å². The summed E-state index contributed by atoms with van der Waals surface area (Å²) in [4.78, 5) is 23.2.